The molecule has 0 aromatic heterocycles. The second-order valence-electron chi connectivity index (χ2n) is 3.32. The molecule has 0 amide bonds. The van der Waals surface area contributed by atoms with E-state index in [1.165, 1.54) is 5.57 Å². The molecule has 1 nitrogen and oxygen atoms in total. The lowest BCUT2D eigenvalue weighted by molar-refractivity contribution is -0.115. The Bertz CT molecular complexity index is 340. The van der Waals surface area contributed by atoms with Crippen molar-refractivity contribution in [2.24, 2.45) is 0 Å². The number of carbonyl (C=O) groups excluding carboxylic acids is 1. The fraction of sp³-hybridized carbons (Fsp3) is 0.250. The number of ketones is 1. The van der Waals surface area contributed by atoms with E-state index in [4.69, 9.17) is 0 Å². The number of rotatable bonds is 0. The minimum Gasteiger partial charge on any atom is -0.294 e. The van der Waals surface area contributed by atoms with Crippen molar-refractivity contribution >= 4 is 5.78 Å². The van der Waals surface area contributed by atoms with Crippen molar-refractivity contribution in [1.82, 2.24) is 0 Å². The summed E-state index contributed by atoms with van der Waals surface area (Å²) in [6.45, 7) is 0. The predicted molar refractivity (Wildman–Crippen MR) is 53.3 cm³/mol. The maximum Gasteiger partial charge on any atom is 0.163 e. The smallest absolute Gasteiger partial charge is 0.163 e. The van der Waals surface area contributed by atoms with Gasteiger partial charge in [-0.05, 0) is 18.4 Å². The quantitative estimate of drug-likeness (QED) is 0.549. The van der Waals surface area contributed by atoms with Crippen molar-refractivity contribution < 1.29 is 4.79 Å². The van der Waals surface area contributed by atoms with Gasteiger partial charge < -0.3 is 0 Å². The first-order valence-corrected chi connectivity index (χ1v) is 4.66. The van der Waals surface area contributed by atoms with Gasteiger partial charge in [0.1, 0.15) is 0 Å². The van der Waals surface area contributed by atoms with Crippen LogP contribution >= 0.6 is 0 Å². The molecule has 0 heterocycles. The summed E-state index contributed by atoms with van der Waals surface area (Å²) in [5, 5.41) is 0. The normalized spacial score (nSPS) is 21.4. The number of hydrogen-bond donors (Lipinski definition) is 0. The first-order valence-electron chi connectivity index (χ1n) is 4.66. The minimum atomic E-state index is 0.289. The van der Waals surface area contributed by atoms with E-state index >= 15 is 0 Å². The molecule has 1 fully saturated rings. The minimum absolute atomic E-state index is 0.289. The van der Waals surface area contributed by atoms with Gasteiger partial charge in [-0.25, -0.2) is 0 Å². The van der Waals surface area contributed by atoms with Crippen molar-refractivity contribution in [2.45, 2.75) is 19.3 Å². The van der Waals surface area contributed by atoms with Gasteiger partial charge in [0.25, 0.3) is 0 Å². The first kappa shape index (κ1) is 8.24. The lowest BCUT2D eigenvalue weighted by Gasteiger charge is -2.16. The molecular formula is C12H12O. The van der Waals surface area contributed by atoms with E-state index in [-0.39, 0.29) is 5.78 Å². The highest BCUT2D eigenvalue weighted by atomic mass is 16.1. The standard InChI is InChI=1S/C12H12O/c13-12-9-5-7-10-6-3-1-2-4-8-11(10)12/h1-4,6,8H,5,7,9H2. The van der Waals surface area contributed by atoms with E-state index in [2.05, 4.69) is 0 Å². The largest absolute Gasteiger partial charge is 0.294 e. The van der Waals surface area contributed by atoms with Crippen molar-refractivity contribution in [3.63, 3.8) is 0 Å². The zero-order valence-corrected chi connectivity index (χ0v) is 7.49. The Morgan fingerprint density at radius 1 is 0.923 bits per heavy atom. The number of Topliss-reactive ketones (excluding diaryl/α,β-unsaturated/α-hetero) is 1. The summed E-state index contributed by atoms with van der Waals surface area (Å²) >= 11 is 0. The van der Waals surface area contributed by atoms with Crippen LogP contribution in [0.4, 0.5) is 0 Å². The van der Waals surface area contributed by atoms with Crippen LogP contribution in [-0.4, -0.2) is 5.78 Å². The summed E-state index contributed by atoms with van der Waals surface area (Å²) < 4.78 is 0. The fourth-order valence-corrected chi connectivity index (χ4v) is 1.71. The lowest BCUT2D eigenvalue weighted by atomic mass is 9.87. The van der Waals surface area contributed by atoms with E-state index in [0.29, 0.717) is 6.42 Å². The van der Waals surface area contributed by atoms with Crippen LogP contribution in [0.2, 0.25) is 0 Å². The van der Waals surface area contributed by atoms with Gasteiger partial charge in [0, 0.05) is 12.0 Å². The Kier molecular flexibility index (Phi) is 2.26. The average molecular weight is 172 g/mol. The van der Waals surface area contributed by atoms with Crippen molar-refractivity contribution in [3.8, 4) is 0 Å². The third-order valence-corrected chi connectivity index (χ3v) is 2.39. The van der Waals surface area contributed by atoms with Crippen LogP contribution in [-0.2, 0) is 4.79 Å². The molecule has 0 atom stereocenters. The molecule has 0 N–H and O–H groups in total. The van der Waals surface area contributed by atoms with Crippen LogP contribution in [0.15, 0.2) is 47.6 Å². The van der Waals surface area contributed by atoms with E-state index in [0.717, 1.165) is 18.4 Å². The molecule has 66 valence electrons. The van der Waals surface area contributed by atoms with Gasteiger partial charge in [0.05, 0.1) is 0 Å². The number of carbonyl (C=O) groups is 1. The van der Waals surface area contributed by atoms with E-state index in [1.807, 2.05) is 36.5 Å². The highest BCUT2D eigenvalue weighted by Crippen LogP contribution is 2.26. The van der Waals surface area contributed by atoms with Crippen LogP contribution in [0.25, 0.3) is 0 Å². The maximum absolute atomic E-state index is 11.5. The SMILES string of the molecule is O=C1CCCC2=CC=CC=CC=C12. The molecule has 0 aromatic rings. The molecule has 2 rings (SSSR count). The lowest BCUT2D eigenvalue weighted by Crippen LogP contribution is -2.11. The molecule has 2 aliphatic rings. The Morgan fingerprint density at radius 2 is 1.69 bits per heavy atom. The van der Waals surface area contributed by atoms with Gasteiger partial charge in [-0.15, -0.1) is 0 Å². The summed E-state index contributed by atoms with van der Waals surface area (Å²) in [4.78, 5) is 11.5. The van der Waals surface area contributed by atoms with Crippen LogP contribution < -0.4 is 0 Å². The Hall–Kier alpha value is -1.37. The molecule has 0 aromatic carbocycles. The second-order valence-corrected chi connectivity index (χ2v) is 3.32. The first-order chi connectivity index (χ1) is 6.38. The van der Waals surface area contributed by atoms with Gasteiger partial charge in [-0.2, -0.15) is 0 Å². The summed E-state index contributed by atoms with van der Waals surface area (Å²) in [5.41, 5.74) is 2.10. The number of fused-ring (bicyclic) bond motifs is 1. The Balaban J connectivity index is 2.39. The highest BCUT2D eigenvalue weighted by Gasteiger charge is 2.18. The van der Waals surface area contributed by atoms with Gasteiger partial charge in [0.2, 0.25) is 0 Å². The zero-order chi connectivity index (χ0) is 9.10. The van der Waals surface area contributed by atoms with Crippen molar-refractivity contribution in [3.05, 3.63) is 47.6 Å². The highest BCUT2D eigenvalue weighted by molar-refractivity contribution is 6.00. The average Bonchev–Trinajstić information content (AvgIpc) is 2.07. The van der Waals surface area contributed by atoms with Gasteiger partial charge >= 0.3 is 0 Å². The summed E-state index contributed by atoms with van der Waals surface area (Å²) in [5.74, 6) is 0.289. The summed E-state index contributed by atoms with van der Waals surface area (Å²) in [6, 6.07) is 0. The third-order valence-electron chi connectivity index (χ3n) is 2.39. The van der Waals surface area contributed by atoms with E-state index < -0.39 is 0 Å². The molecular weight excluding hydrogens is 160 g/mol. The molecule has 13 heavy (non-hydrogen) atoms. The topological polar surface area (TPSA) is 17.1 Å². The van der Waals surface area contributed by atoms with Gasteiger partial charge in [-0.1, -0.05) is 36.5 Å². The summed E-state index contributed by atoms with van der Waals surface area (Å²) in [6.07, 6.45) is 14.6. The van der Waals surface area contributed by atoms with Crippen molar-refractivity contribution in [1.29, 1.82) is 0 Å². The number of hydrogen-bond acceptors (Lipinski definition) is 1. The van der Waals surface area contributed by atoms with Crippen LogP contribution in [0.3, 0.4) is 0 Å². The van der Waals surface area contributed by atoms with Crippen LogP contribution in [0.5, 0.6) is 0 Å². The molecule has 0 aliphatic heterocycles. The zero-order valence-electron chi connectivity index (χ0n) is 7.49. The molecule has 0 spiro atoms. The van der Waals surface area contributed by atoms with Gasteiger partial charge in [-0.3, -0.25) is 4.79 Å². The third kappa shape index (κ3) is 1.69. The molecule has 1 heteroatoms. The Labute approximate surface area is 78.1 Å². The van der Waals surface area contributed by atoms with Crippen molar-refractivity contribution in [2.75, 3.05) is 0 Å². The van der Waals surface area contributed by atoms with E-state index in [9.17, 15) is 4.79 Å². The number of allylic oxidation sites excluding steroid dienone is 8. The maximum atomic E-state index is 11.5. The van der Waals surface area contributed by atoms with Crippen LogP contribution in [0.1, 0.15) is 19.3 Å². The second kappa shape index (κ2) is 3.56. The van der Waals surface area contributed by atoms with E-state index in [1.54, 1.807) is 0 Å². The molecule has 0 unspecified atom stereocenters. The molecule has 1 saturated carbocycles. The van der Waals surface area contributed by atoms with Crippen LogP contribution in [0, 0.1) is 0 Å². The fourth-order valence-electron chi connectivity index (χ4n) is 1.71. The monoisotopic (exact) mass is 172 g/mol. The Morgan fingerprint density at radius 3 is 2.54 bits per heavy atom. The van der Waals surface area contributed by atoms with Gasteiger partial charge in [0.15, 0.2) is 5.78 Å². The summed E-state index contributed by atoms with van der Waals surface area (Å²) in [7, 11) is 0. The molecule has 0 saturated heterocycles. The predicted octanol–water partition coefficient (Wildman–Crippen LogP) is 2.72. The molecule has 0 bridgehead atoms. The molecule has 2 aliphatic carbocycles. The molecule has 0 radical (unpaired) electrons.